The topological polar surface area (TPSA) is 51.1 Å². The van der Waals surface area contributed by atoms with Gasteiger partial charge in [0.05, 0.1) is 11.8 Å². The summed E-state index contributed by atoms with van der Waals surface area (Å²) in [5.41, 5.74) is 2.95. The number of hydrazone groups is 1. The summed E-state index contributed by atoms with van der Waals surface area (Å²) in [6.07, 6.45) is 0. The average molecular weight is 387 g/mol. The Kier molecular flexibility index (Phi) is 3.65. The monoisotopic (exact) mass is 386 g/mol. The van der Waals surface area contributed by atoms with Crippen LogP contribution >= 0.6 is 23.4 Å². The number of carbonyl (C=O) groups excluding carboxylic acids is 1. The molecule has 3 aliphatic rings. The molecule has 0 spiro atoms. The lowest BCUT2D eigenvalue weighted by Gasteiger charge is -2.29. The molecule has 2 aromatic carbocycles. The molecule has 26 heavy (non-hydrogen) atoms. The van der Waals surface area contributed by atoms with Gasteiger partial charge >= 0.3 is 0 Å². The fourth-order valence-electron chi connectivity index (χ4n) is 3.74. The molecular formula is C19H15ClN2O3S. The van der Waals surface area contributed by atoms with Crippen LogP contribution in [0.4, 0.5) is 0 Å². The Morgan fingerprint density at radius 2 is 2.08 bits per heavy atom. The second-order valence-corrected chi connectivity index (χ2v) is 7.96. The van der Waals surface area contributed by atoms with Crippen LogP contribution in [0.1, 0.15) is 24.1 Å². The largest absolute Gasteiger partial charge is 0.454 e. The number of thioether (sulfide) groups is 1. The van der Waals surface area contributed by atoms with Gasteiger partial charge in [-0.1, -0.05) is 17.7 Å². The molecule has 0 unspecified atom stereocenters. The molecular weight excluding hydrogens is 372 g/mol. The van der Waals surface area contributed by atoms with Gasteiger partial charge in [0.15, 0.2) is 11.5 Å². The zero-order valence-corrected chi connectivity index (χ0v) is 15.5. The van der Waals surface area contributed by atoms with Crippen molar-refractivity contribution >= 4 is 35.0 Å². The van der Waals surface area contributed by atoms with E-state index in [1.165, 1.54) is 0 Å². The van der Waals surface area contributed by atoms with Crippen LogP contribution in [-0.2, 0) is 4.79 Å². The number of amides is 1. The van der Waals surface area contributed by atoms with E-state index in [-0.39, 0.29) is 24.7 Å². The van der Waals surface area contributed by atoms with E-state index >= 15 is 0 Å². The van der Waals surface area contributed by atoms with Gasteiger partial charge in [-0.15, -0.1) is 11.8 Å². The fraction of sp³-hybridized carbons (Fsp3) is 0.263. The summed E-state index contributed by atoms with van der Waals surface area (Å²) < 4.78 is 10.9. The zero-order valence-electron chi connectivity index (χ0n) is 13.9. The lowest BCUT2D eigenvalue weighted by molar-refractivity contribution is -0.131. The molecule has 0 aromatic heterocycles. The highest BCUT2D eigenvalue weighted by Gasteiger charge is 2.43. The fourth-order valence-corrected chi connectivity index (χ4v) is 5.10. The zero-order chi connectivity index (χ0) is 17.8. The Hall–Kier alpha value is -2.18. The number of hydrogen-bond acceptors (Lipinski definition) is 5. The van der Waals surface area contributed by atoms with Crippen LogP contribution in [0.15, 0.2) is 46.4 Å². The smallest absolute Gasteiger partial charge is 0.240 e. The second-order valence-electron chi connectivity index (χ2n) is 6.46. The van der Waals surface area contributed by atoms with Gasteiger partial charge in [0, 0.05) is 34.1 Å². The van der Waals surface area contributed by atoms with E-state index in [0.717, 1.165) is 33.2 Å². The van der Waals surface area contributed by atoms with E-state index in [1.807, 2.05) is 36.4 Å². The normalized spacial score (nSPS) is 22.7. The number of carbonyl (C=O) groups is 1. The van der Waals surface area contributed by atoms with Crippen LogP contribution in [0, 0.1) is 5.92 Å². The number of fused-ring (bicyclic) bond motifs is 4. The third-order valence-electron chi connectivity index (χ3n) is 4.91. The first-order valence-corrected chi connectivity index (χ1v) is 9.69. The van der Waals surface area contributed by atoms with Gasteiger partial charge < -0.3 is 9.47 Å². The average Bonchev–Trinajstić information content (AvgIpc) is 3.25. The minimum atomic E-state index is -0.156. The number of benzene rings is 2. The molecule has 5 nitrogen and oxygen atoms in total. The van der Waals surface area contributed by atoms with Gasteiger partial charge in [0.1, 0.15) is 0 Å². The first kappa shape index (κ1) is 16.0. The molecule has 0 saturated carbocycles. The number of hydrogen-bond donors (Lipinski definition) is 0. The molecule has 0 N–H and O–H groups in total. The Labute approximate surface area is 159 Å². The first-order chi connectivity index (χ1) is 12.6. The maximum absolute atomic E-state index is 12.3. The van der Waals surface area contributed by atoms with Crippen molar-refractivity contribution in [2.45, 2.75) is 17.9 Å². The highest BCUT2D eigenvalue weighted by molar-refractivity contribution is 7.99. The molecule has 2 atom stereocenters. The summed E-state index contributed by atoms with van der Waals surface area (Å²) in [5.74, 6) is 2.33. The first-order valence-electron chi connectivity index (χ1n) is 8.32. The van der Waals surface area contributed by atoms with E-state index in [2.05, 4.69) is 0 Å². The van der Waals surface area contributed by atoms with E-state index in [4.69, 9.17) is 26.2 Å². The minimum absolute atomic E-state index is 0.0804. The van der Waals surface area contributed by atoms with Crippen LogP contribution < -0.4 is 9.47 Å². The van der Waals surface area contributed by atoms with Crippen LogP contribution in [0.2, 0.25) is 5.02 Å². The third kappa shape index (κ3) is 2.40. The molecule has 7 heteroatoms. The van der Waals surface area contributed by atoms with E-state index < -0.39 is 0 Å². The molecule has 0 bridgehead atoms. The van der Waals surface area contributed by atoms with Crippen molar-refractivity contribution in [3.63, 3.8) is 0 Å². The molecule has 0 saturated heterocycles. The van der Waals surface area contributed by atoms with Gasteiger partial charge in [-0.3, -0.25) is 4.79 Å². The molecule has 0 fully saturated rings. The molecule has 2 aromatic rings. The number of rotatable bonds is 1. The van der Waals surface area contributed by atoms with Crippen molar-refractivity contribution in [2.24, 2.45) is 11.0 Å². The summed E-state index contributed by atoms with van der Waals surface area (Å²) in [4.78, 5) is 13.5. The Balaban J connectivity index is 1.60. The minimum Gasteiger partial charge on any atom is -0.454 e. The lowest BCUT2D eigenvalue weighted by atomic mass is 9.88. The third-order valence-corrected chi connectivity index (χ3v) is 6.34. The molecule has 3 aliphatic heterocycles. The summed E-state index contributed by atoms with van der Waals surface area (Å²) in [6.45, 7) is 1.78. The number of nitrogens with zero attached hydrogens (tertiary/aromatic N) is 2. The summed E-state index contributed by atoms with van der Waals surface area (Å²) in [6, 6.07) is 11.5. The SMILES string of the molecule is CC(=O)N1N=C2c3cc(Cl)ccc3SC[C@@H]2[C@H]1c1ccc2c(c1)OCO2. The Bertz CT molecular complexity index is 962. The lowest BCUT2D eigenvalue weighted by Crippen LogP contribution is -2.31. The van der Waals surface area contributed by atoms with Gasteiger partial charge in [-0.25, -0.2) is 5.01 Å². The summed E-state index contributed by atoms with van der Waals surface area (Å²) in [7, 11) is 0. The maximum Gasteiger partial charge on any atom is 0.240 e. The van der Waals surface area contributed by atoms with Crippen LogP contribution in [0.3, 0.4) is 0 Å². The Morgan fingerprint density at radius 1 is 1.23 bits per heavy atom. The van der Waals surface area contributed by atoms with E-state index in [1.54, 1.807) is 23.7 Å². The molecule has 0 aliphatic carbocycles. The predicted octanol–water partition coefficient (Wildman–Crippen LogP) is 4.10. The van der Waals surface area contributed by atoms with Crippen molar-refractivity contribution in [3.05, 3.63) is 52.5 Å². The van der Waals surface area contributed by atoms with Crippen molar-refractivity contribution in [1.82, 2.24) is 5.01 Å². The number of halogens is 1. The van der Waals surface area contributed by atoms with Gasteiger partial charge in [-0.05, 0) is 35.9 Å². The van der Waals surface area contributed by atoms with Crippen molar-refractivity contribution in [1.29, 1.82) is 0 Å². The second kappa shape index (κ2) is 5.93. The van der Waals surface area contributed by atoms with Gasteiger partial charge in [-0.2, -0.15) is 5.10 Å². The molecule has 132 valence electrons. The summed E-state index contributed by atoms with van der Waals surface area (Å²) >= 11 is 7.99. The highest BCUT2D eigenvalue weighted by Crippen LogP contribution is 2.47. The summed E-state index contributed by atoms with van der Waals surface area (Å²) in [5, 5.41) is 6.97. The van der Waals surface area contributed by atoms with Crippen LogP contribution in [-0.4, -0.2) is 29.2 Å². The van der Waals surface area contributed by atoms with Gasteiger partial charge in [0.25, 0.3) is 0 Å². The van der Waals surface area contributed by atoms with Crippen molar-refractivity contribution in [2.75, 3.05) is 12.5 Å². The molecule has 3 heterocycles. The van der Waals surface area contributed by atoms with Crippen LogP contribution in [0.5, 0.6) is 11.5 Å². The van der Waals surface area contributed by atoms with E-state index in [0.29, 0.717) is 10.8 Å². The highest BCUT2D eigenvalue weighted by atomic mass is 35.5. The molecule has 5 rings (SSSR count). The van der Waals surface area contributed by atoms with Crippen LogP contribution in [0.25, 0.3) is 0 Å². The van der Waals surface area contributed by atoms with E-state index in [9.17, 15) is 4.79 Å². The van der Waals surface area contributed by atoms with Gasteiger partial charge in [0.2, 0.25) is 12.7 Å². The number of ether oxygens (including phenoxy) is 2. The molecule has 0 radical (unpaired) electrons. The molecule has 1 amide bonds. The van der Waals surface area contributed by atoms with Crippen molar-refractivity contribution in [3.8, 4) is 11.5 Å². The quantitative estimate of drug-likeness (QED) is 0.740. The Morgan fingerprint density at radius 3 is 2.92 bits per heavy atom. The predicted molar refractivity (Wildman–Crippen MR) is 100 cm³/mol. The van der Waals surface area contributed by atoms with Crippen molar-refractivity contribution < 1.29 is 14.3 Å². The maximum atomic E-state index is 12.3. The standard InChI is InChI=1S/C19H15ClN2O3S/c1-10(23)22-19(11-2-4-15-16(6-11)25-9-24-15)14-8-26-17-5-3-12(20)7-13(17)18(14)21-22/h2-7,14,19H,8-9H2,1H3/t14-,19+/m0/s1.